The molecule has 38 heavy (non-hydrogen) atoms. The third kappa shape index (κ3) is 5.45. The predicted octanol–water partition coefficient (Wildman–Crippen LogP) is 6.22. The van der Waals surface area contributed by atoms with Crippen molar-refractivity contribution in [3.05, 3.63) is 70.8 Å². The molecule has 1 heterocycles. The standard InChI is InChI=1S/C32H39N3O3/c1-4-23-13-16-32(17-14-23)34-30(27-11-9-26(10-12-27)28-19-21(28)2)31(38)35(32)20-24-5-7-25(8-6-24)22(3)33-18-15-29(36)37/h5-12,21,23,28H,4,13-20H2,1-3H3,(H,36,37). The molecule has 0 saturated heterocycles. The number of carbonyl (C=O) groups is 2. The average molecular weight is 514 g/mol. The van der Waals surface area contributed by atoms with Crippen LogP contribution >= 0.6 is 0 Å². The molecule has 2 fully saturated rings. The van der Waals surface area contributed by atoms with E-state index in [9.17, 15) is 9.59 Å². The maximum atomic E-state index is 13.9. The Bertz CT molecular complexity index is 1240. The number of carboxylic acids is 1. The van der Waals surface area contributed by atoms with Crippen LogP contribution in [-0.4, -0.2) is 45.5 Å². The lowest BCUT2D eigenvalue weighted by Crippen LogP contribution is -2.48. The molecule has 200 valence electrons. The van der Waals surface area contributed by atoms with Crippen LogP contribution in [0.5, 0.6) is 0 Å². The lowest BCUT2D eigenvalue weighted by atomic mass is 9.80. The van der Waals surface area contributed by atoms with Crippen molar-refractivity contribution in [2.45, 2.75) is 83.8 Å². The second-order valence-electron chi connectivity index (χ2n) is 11.4. The number of benzene rings is 2. The van der Waals surface area contributed by atoms with Crippen LogP contribution in [0.15, 0.2) is 58.5 Å². The molecular weight excluding hydrogens is 474 g/mol. The van der Waals surface area contributed by atoms with Gasteiger partial charge in [0.1, 0.15) is 11.4 Å². The van der Waals surface area contributed by atoms with Crippen LogP contribution < -0.4 is 0 Å². The third-order valence-electron chi connectivity index (χ3n) is 8.86. The molecule has 2 aromatic rings. The monoisotopic (exact) mass is 513 g/mol. The summed E-state index contributed by atoms with van der Waals surface area (Å²) in [5.74, 6) is 1.31. The summed E-state index contributed by atoms with van der Waals surface area (Å²) in [6, 6.07) is 16.7. The van der Waals surface area contributed by atoms with Crippen LogP contribution in [0.3, 0.4) is 0 Å². The first kappa shape index (κ1) is 26.3. The lowest BCUT2D eigenvalue weighted by Gasteiger charge is -2.41. The molecule has 3 aliphatic rings. The number of amides is 1. The van der Waals surface area contributed by atoms with Gasteiger partial charge in [0.2, 0.25) is 0 Å². The molecule has 1 N–H and O–H groups in total. The molecule has 6 nitrogen and oxygen atoms in total. The predicted molar refractivity (Wildman–Crippen MR) is 151 cm³/mol. The lowest BCUT2D eigenvalue weighted by molar-refractivity contribution is -0.136. The maximum absolute atomic E-state index is 13.9. The largest absolute Gasteiger partial charge is 0.481 e. The minimum atomic E-state index is -0.843. The summed E-state index contributed by atoms with van der Waals surface area (Å²) in [5, 5.41) is 8.85. The molecule has 1 amide bonds. The Morgan fingerprint density at radius 2 is 1.76 bits per heavy atom. The van der Waals surface area contributed by atoms with E-state index in [4.69, 9.17) is 10.1 Å². The summed E-state index contributed by atoms with van der Waals surface area (Å²) >= 11 is 0. The van der Waals surface area contributed by atoms with Crippen LogP contribution in [0.1, 0.15) is 93.9 Å². The Morgan fingerprint density at radius 1 is 1.11 bits per heavy atom. The molecular formula is C32H39N3O3. The Hall–Kier alpha value is -3.28. The first-order valence-electron chi connectivity index (χ1n) is 14.1. The molecule has 2 unspecified atom stereocenters. The minimum Gasteiger partial charge on any atom is -0.481 e. The van der Waals surface area contributed by atoms with Crippen molar-refractivity contribution in [1.29, 1.82) is 0 Å². The summed E-state index contributed by atoms with van der Waals surface area (Å²) in [5.41, 5.74) is 5.28. The summed E-state index contributed by atoms with van der Waals surface area (Å²) in [6.07, 6.45) is 6.47. The molecule has 2 saturated carbocycles. The van der Waals surface area contributed by atoms with Crippen LogP contribution in [0.4, 0.5) is 0 Å². The van der Waals surface area contributed by atoms with Crippen molar-refractivity contribution in [3.8, 4) is 0 Å². The van der Waals surface area contributed by atoms with Gasteiger partial charge in [-0.25, -0.2) is 0 Å². The van der Waals surface area contributed by atoms with Gasteiger partial charge in [-0.15, -0.1) is 0 Å². The zero-order chi connectivity index (χ0) is 26.9. The highest BCUT2D eigenvalue weighted by Crippen LogP contribution is 2.47. The molecule has 1 spiro atoms. The van der Waals surface area contributed by atoms with E-state index in [-0.39, 0.29) is 18.9 Å². The summed E-state index contributed by atoms with van der Waals surface area (Å²) in [4.78, 5) is 36.3. The van der Waals surface area contributed by atoms with Crippen molar-refractivity contribution in [3.63, 3.8) is 0 Å². The van der Waals surface area contributed by atoms with Gasteiger partial charge in [0.15, 0.2) is 0 Å². The molecule has 6 heteroatoms. The average Bonchev–Trinajstić information content (AvgIpc) is 3.60. The van der Waals surface area contributed by atoms with Gasteiger partial charge in [-0.3, -0.25) is 19.6 Å². The van der Waals surface area contributed by atoms with E-state index in [2.05, 4.69) is 43.1 Å². The van der Waals surface area contributed by atoms with Crippen molar-refractivity contribution >= 4 is 23.3 Å². The minimum absolute atomic E-state index is 0.0260. The number of hydrogen-bond acceptors (Lipinski definition) is 4. The van der Waals surface area contributed by atoms with E-state index in [1.54, 1.807) is 0 Å². The topological polar surface area (TPSA) is 82.3 Å². The highest BCUT2D eigenvalue weighted by molar-refractivity contribution is 6.46. The number of carboxylic acid groups (broad SMARTS) is 1. The normalized spacial score (nSPS) is 27.1. The van der Waals surface area contributed by atoms with Crippen molar-refractivity contribution < 1.29 is 14.7 Å². The van der Waals surface area contributed by atoms with Gasteiger partial charge in [0.05, 0.1) is 6.42 Å². The van der Waals surface area contributed by atoms with E-state index < -0.39 is 11.6 Å². The van der Waals surface area contributed by atoms with Crippen LogP contribution in [0.2, 0.25) is 0 Å². The van der Waals surface area contributed by atoms with E-state index in [1.165, 1.54) is 18.4 Å². The molecule has 2 aromatic carbocycles. The Kier molecular flexibility index (Phi) is 7.51. The van der Waals surface area contributed by atoms with Crippen molar-refractivity contribution in [2.75, 3.05) is 6.54 Å². The Labute approximate surface area is 225 Å². The van der Waals surface area contributed by atoms with E-state index in [1.807, 2.05) is 36.1 Å². The second-order valence-corrected chi connectivity index (χ2v) is 11.4. The van der Waals surface area contributed by atoms with Crippen LogP contribution in [0.25, 0.3) is 0 Å². The Balaban J connectivity index is 1.36. The highest BCUT2D eigenvalue weighted by atomic mass is 16.4. The fourth-order valence-corrected chi connectivity index (χ4v) is 6.09. The van der Waals surface area contributed by atoms with Gasteiger partial charge in [-0.2, -0.15) is 0 Å². The molecule has 0 aromatic heterocycles. The zero-order valence-corrected chi connectivity index (χ0v) is 22.8. The quantitative estimate of drug-likeness (QED) is 0.404. The SMILES string of the molecule is CCC1CCC2(CC1)N=C(c1ccc(C3CC3C)cc1)C(=O)N2Cc1ccc(C(C)=NCCC(=O)O)cc1. The molecule has 1 aliphatic heterocycles. The molecule has 0 radical (unpaired) electrons. The van der Waals surface area contributed by atoms with Gasteiger partial charge in [-0.1, -0.05) is 68.8 Å². The van der Waals surface area contributed by atoms with Gasteiger partial charge in [0, 0.05) is 24.4 Å². The zero-order valence-electron chi connectivity index (χ0n) is 22.8. The van der Waals surface area contributed by atoms with Gasteiger partial charge < -0.3 is 10.0 Å². The second kappa shape index (κ2) is 10.8. The first-order valence-corrected chi connectivity index (χ1v) is 14.1. The first-order chi connectivity index (χ1) is 18.3. The van der Waals surface area contributed by atoms with Gasteiger partial charge in [0.25, 0.3) is 5.91 Å². The van der Waals surface area contributed by atoms with E-state index >= 15 is 0 Å². The number of rotatable bonds is 9. The summed E-state index contributed by atoms with van der Waals surface area (Å²) < 4.78 is 0. The molecule has 2 atom stereocenters. The van der Waals surface area contributed by atoms with E-state index in [0.717, 1.165) is 54.0 Å². The fraction of sp³-hybridized carbons (Fsp3) is 0.500. The third-order valence-corrected chi connectivity index (χ3v) is 8.86. The van der Waals surface area contributed by atoms with Crippen LogP contribution in [0, 0.1) is 11.8 Å². The van der Waals surface area contributed by atoms with Crippen molar-refractivity contribution in [1.82, 2.24) is 4.90 Å². The highest BCUT2D eigenvalue weighted by Gasteiger charge is 2.48. The Morgan fingerprint density at radius 3 is 2.34 bits per heavy atom. The number of aliphatic imine (C=N–C) groups is 2. The smallest absolute Gasteiger partial charge is 0.305 e. The maximum Gasteiger partial charge on any atom is 0.305 e. The van der Waals surface area contributed by atoms with Gasteiger partial charge >= 0.3 is 5.97 Å². The number of hydrogen-bond donors (Lipinski definition) is 1. The molecule has 0 bridgehead atoms. The van der Waals surface area contributed by atoms with Gasteiger partial charge in [-0.05, 0) is 73.5 Å². The number of carbonyl (C=O) groups excluding carboxylic acids is 1. The number of nitrogens with zero attached hydrogens (tertiary/aromatic N) is 3. The summed E-state index contributed by atoms with van der Waals surface area (Å²) in [6.45, 7) is 7.24. The summed E-state index contributed by atoms with van der Waals surface area (Å²) in [7, 11) is 0. The molecule has 5 rings (SSSR count). The van der Waals surface area contributed by atoms with Crippen LogP contribution in [-0.2, 0) is 16.1 Å². The van der Waals surface area contributed by atoms with E-state index in [0.29, 0.717) is 24.1 Å². The van der Waals surface area contributed by atoms with Crippen molar-refractivity contribution in [2.24, 2.45) is 21.8 Å². The molecule has 2 aliphatic carbocycles. The fourth-order valence-electron chi connectivity index (χ4n) is 6.09. The number of aliphatic carboxylic acids is 1.